The summed E-state index contributed by atoms with van der Waals surface area (Å²) >= 11 is 0. The summed E-state index contributed by atoms with van der Waals surface area (Å²) in [6, 6.07) is -6.08. The summed E-state index contributed by atoms with van der Waals surface area (Å²) in [5.41, 5.74) is 21.7. The number of carboxylic acids is 1. The van der Waals surface area contributed by atoms with E-state index in [1.807, 2.05) is 0 Å². The van der Waals surface area contributed by atoms with Crippen LogP contribution in [-0.2, 0) is 52.7 Å². The number of nitrogens with zero attached hydrogens (tertiary/aromatic N) is 1. The SMILES string of the molecule is CC(=O)NCCCC[C@H](NC(=O)CNC(=O)[C@H](CCCN=C(N)N)NC(=O)CNC(=O)[C@@H](N)CO)C(=O)NCC(=O)NCC(=O)N[C@@H](CCCCN)C(=O)NCC(=O)N[C@@H](CC(C)C)C(=O)O. The van der Waals surface area contributed by atoms with Gasteiger partial charge in [-0.05, 0) is 70.3 Å². The van der Waals surface area contributed by atoms with Crippen LogP contribution in [0.5, 0.6) is 0 Å². The van der Waals surface area contributed by atoms with Crippen LogP contribution in [0.25, 0.3) is 0 Å². The molecule has 0 aromatic heterocycles. The van der Waals surface area contributed by atoms with E-state index in [2.05, 4.69) is 58.2 Å². The topological polar surface area (TPSA) is 465 Å². The average Bonchev–Trinajstić information content (AvgIpc) is 3.26. The van der Waals surface area contributed by atoms with Gasteiger partial charge in [0.1, 0.15) is 30.2 Å². The second-order valence-electron chi connectivity index (χ2n) is 15.6. The van der Waals surface area contributed by atoms with Crippen LogP contribution in [0, 0.1) is 5.92 Å². The molecule has 28 heteroatoms. The van der Waals surface area contributed by atoms with Gasteiger partial charge in [-0.15, -0.1) is 0 Å². The molecular weight excluding hydrogens is 887 g/mol. The molecular formula is C39H71N15O13. The molecule has 20 N–H and O–H groups in total. The average molecular weight is 958 g/mol. The normalized spacial score (nSPS) is 12.9. The molecule has 0 fully saturated rings. The molecule has 0 aliphatic rings. The molecule has 0 radical (unpaired) electrons. The summed E-state index contributed by atoms with van der Waals surface area (Å²) in [7, 11) is 0. The van der Waals surface area contributed by atoms with Gasteiger partial charge in [0.25, 0.3) is 0 Å². The van der Waals surface area contributed by atoms with Gasteiger partial charge >= 0.3 is 5.97 Å². The molecule has 0 saturated carbocycles. The van der Waals surface area contributed by atoms with Crippen LogP contribution < -0.4 is 76.1 Å². The summed E-state index contributed by atoms with van der Waals surface area (Å²) in [5, 5.41) is 42.3. The summed E-state index contributed by atoms with van der Waals surface area (Å²) in [6.45, 7) is 1.76. The van der Waals surface area contributed by atoms with Crippen LogP contribution in [0.3, 0.4) is 0 Å². The maximum Gasteiger partial charge on any atom is 0.326 e. The van der Waals surface area contributed by atoms with Crippen molar-refractivity contribution in [2.45, 2.75) is 109 Å². The van der Waals surface area contributed by atoms with Crippen molar-refractivity contribution in [2.75, 3.05) is 59.0 Å². The van der Waals surface area contributed by atoms with E-state index >= 15 is 0 Å². The van der Waals surface area contributed by atoms with Crippen molar-refractivity contribution in [2.24, 2.45) is 33.8 Å². The number of aliphatic hydroxyl groups excluding tert-OH is 1. The predicted molar refractivity (Wildman–Crippen MR) is 240 cm³/mol. The van der Waals surface area contributed by atoms with E-state index in [-0.39, 0.29) is 63.0 Å². The number of rotatable bonds is 35. The van der Waals surface area contributed by atoms with E-state index in [9.17, 15) is 57.8 Å². The Morgan fingerprint density at radius 3 is 1.34 bits per heavy atom. The van der Waals surface area contributed by atoms with Crippen molar-refractivity contribution in [3.63, 3.8) is 0 Å². The van der Waals surface area contributed by atoms with E-state index in [0.29, 0.717) is 32.2 Å². The van der Waals surface area contributed by atoms with E-state index in [4.69, 9.17) is 28.0 Å². The minimum absolute atomic E-state index is 0.00934. The molecule has 67 heavy (non-hydrogen) atoms. The summed E-state index contributed by atoms with van der Waals surface area (Å²) in [5.74, 6) is -8.96. The Labute approximate surface area is 388 Å². The highest BCUT2D eigenvalue weighted by Gasteiger charge is 2.26. The Morgan fingerprint density at radius 1 is 0.537 bits per heavy atom. The Balaban J connectivity index is 5.53. The Bertz CT molecular complexity index is 1700. The predicted octanol–water partition coefficient (Wildman–Crippen LogP) is -7.55. The summed E-state index contributed by atoms with van der Waals surface area (Å²) < 4.78 is 0. The minimum Gasteiger partial charge on any atom is -0.480 e. The van der Waals surface area contributed by atoms with Gasteiger partial charge in [-0.3, -0.25) is 52.9 Å². The minimum atomic E-state index is -1.28. The standard InChI is InChI=1S/C39H71N15O13/c1-22(2)15-28(38(66)67)54-33(61)20-50-36(64)25(9-4-6-12-40)51-30(58)17-46-29(57)16-48-35(63)26(10-5-7-13-44-23(3)56)52-32(60)19-49-37(65)27(11-8-14-45-39(42)43)53-31(59)18-47-34(62)24(41)21-55/h22,24-28,55H,4-21,40-41H2,1-3H3,(H,44,56)(H,46,57)(H,47,62)(H,48,63)(H,49,65)(H,50,64)(H,51,58)(H,52,60)(H,53,59)(H,54,61)(H,66,67)(H4,42,43,45)/t24-,25-,26-,27-,28-/m0/s1. The fourth-order valence-electron chi connectivity index (χ4n) is 5.71. The molecule has 0 aliphatic heterocycles. The number of nitrogens with two attached hydrogens (primary N) is 4. The van der Waals surface area contributed by atoms with Crippen LogP contribution in [0.4, 0.5) is 0 Å². The van der Waals surface area contributed by atoms with Gasteiger partial charge < -0.3 is 86.3 Å². The summed E-state index contributed by atoms with van der Waals surface area (Å²) in [4.78, 5) is 141. The number of nitrogens with one attached hydrogen (secondary N) is 10. The third-order valence-electron chi connectivity index (χ3n) is 9.15. The quantitative estimate of drug-likeness (QED) is 0.0159. The lowest BCUT2D eigenvalue weighted by Gasteiger charge is -2.21. The first-order valence-electron chi connectivity index (χ1n) is 21.7. The lowest BCUT2D eigenvalue weighted by atomic mass is 10.0. The number of aliphatic carboxylic acids is 1. The van der Waals surface area contributed by atoms with Gasteiger partial charge in [0.2, 0.25) is 59.1 Å². The first kappa shape index (κ1) is 60.3. The molecule has 380 valence electrons. The number of hydrogen-bond donors (Lipinski definition) is 16. The Kier molecular flexibility index (Phi) is 31.2. The van der Waals surface area contributed by atoms with Gasteiger partial charge in [0, 0.05) is 20.0 Å². The molecule has 28 nitrogen and oxygen atoms in total. The maximum atomic E-state index is 13.2. The molecule has 0 aromatic carbocycles. The van der Waals surface area contributed by atoms with E-state index in [1.165, 1.54) is 6.92 Å². The number of unbranched alkanes of at least 4 members (excludes halogenated alkanes) is 2. The van der Waals surface area contributed by atoms with Crippen LogP contribution in [0.1, 0.15) is 78.6 Å². The Hall–Kier alpha value is -6.68. The highest BCUT2D eigenvalue weighted by Crippen LogP contribution is 2.06. The smallest absolute Gasteiger partial charge is 0.326 e. The monoisotopic (exact) mass is 958 g/mol. The fourth-order valence-corrected chi connectivity index (χ4v) is 5.71. The van der Waals surface area contributed by atoms with Crippen LogP contribution in [-0.4, -0.2) is 170 Å². The summed E-state index contributed by atoms with van der Waals surface area (Å²) in [6.07, 6.45) is 2.14. The first-order chi connectivity index (χ1) is 31.6. The van der Waals surface area contributed by atoms with Crippen molar-refractivity contribution < 1.29 is 63.0 Å². The van der Waals surface area contributed by atoms with E-state index in [0.717, 1.165) is 0 Å². The molecule has 0 aliphatic carbocycles. The van der Waals surface area contributed by atoms with Crippen LogP contribution in [0.2, 0.25) is 0 Å². The highest BCUT2D eigenvalue weighted by molar-refractivity contribution is 5.95. The second-order valence-corrected chi connectivity index (χ2v) is 15.6. The molecule has 0 heterocycles. The van der Waals surface area contributed by atoms with Gasteiger partial charge in [-0.2, -0.15) is 0 Å². The molecule has 0 saturated heterocycles. The maximum absolute atomic E-state index is 13.2. The van der Waals surface area contributed by atoms with Crippen molar-refractivity contribution in [3.05, 3.63) is 0 Å². The van der Waals surface area contributed by atoms with Crippen LogP contribution >= 0.6 is 0 Å². The molecule has 5 atom stereocenters. The lowest BCUT2D eigenvalue weighted by Crippen LogP contribution is -2.54. The van der Waals surface area contributed by atoms with Gasteiger partial charge in [-0.1, -0.05) is 13.8 Å². The first-order valence-corrected chi connectivity index (χ1v) is 21.7. The zero-order valence-corrected chi connectivity index (χ0v) is 38.3. The number of amides is 10. The number of carboxylic acid groups (broad SMARTS) is 1. The number of aliphatic hydroxyl groups is 1. The second kappa shape index (κ2) is 34.6. The zero-order chi connectivity index (χ0) is 50.9. The van der Waals surface area contributed by atoms with Crippen molar-refractivity contribution >= 4 is 71.0 Å². The molecule has 0 bridgehead atoms. The fraction of sp³-hybridized carbons (Fsp3) is 0.692. The van der Waals surface area contributed by atoms with Crippen molar-refractivity contribution in [1.29, 1.82) is 0 Å². The van der Waals surface area contributed by atoms with E-state index < -0.39 is 129 Å². The van der Waals surface area contributed by atoms with E-state index in [1.54, 1.807) is 13.8 Å². The number of hydrogen-bond acceptors (Lipinski definition) is 15. The molecule has 10 amide bonds. The number of carbonyl (C=O) groups excluding carboxylic acids is 10. The highest BCUT2D eigenvalue weighted by atomic mass is 16.4. The molecule has 0 rings (SSSR count). The molecule has 0 spiro atoms. The zero-order valence-electron chi connectivity index (χ0n) is 38.3. The number of guanidine groups is 1. The van der Waals surface area contributed by atoms with Crippen molar-refractivity contribution in [1.82, 2.24) is 53.2 Å². The van der Waals surface area contributed by atoms with Gasteiger partial charge in [0.05, 0.1) is 39.3 Å². The van der Waals surface area contributed by atoms with Gasteiger partial charge in [0.15, 0.2) is 5.96 Å². The lowest BCUT2D eigenvalue weighted by molar-refractivity contribution is -0.142. The van der Waals surface area contributed by atoms with Crippen molar-refractivity contribution in [3.8, 4) is 0 Å². The third kappa shape index (κ3) is 30.2. The van der Waals surface area contributed by atoms with Crippen LogP contribution in [0.15, 0.2) is 4.99 Å². The number of carbonyl (C=O) groups is 11. The Morgan fingerprint density at radius 2 is 0.940 bits per heavy atom. The molecule has 0 aromatic rings. The molecule has 0 unspecified atom stereocenters. The van der Waals surface area contributed by atoms with Gasteiger partial charge in [-0.25, -0.2) is 4.79 Å². The third-order valence-corrected chi connectivity index (χ3v) is 9.15. The largest absolute Gasteiger partial charge is 0.480 e. The number of aliphatic imine (C=N–C) groups is 1.